The second-order valence-electron chi connectivity index (χ2n) is 7.31. The molecular weight excluding hydrogens is 437 g/mol. The number of hydrogen-bond donors (Lipinski definition) is 0. The Morgan fingerprint density at radius 3 is 2.32 bits per heavy atom. The van der Waals surface area contributed by atoms with E-state index in [4.69, 9.17) is 0 Å². The smallest absolute Gasteiger partial charge is 0.335 e. The van der Waals surface area contributed by atoms with Crippen LogP contribution in [0.2, 0.25) is 0 Å². The minimum atomic E-state index is -4.54. The molecule has 1 aliphatic rings. The summed E-state index contributed by atoms with van der Waals surface area (Å²) in [5, 5.41) is 7.75. The molecule has 1 fully saturated rings. The molecule has 1 amide bonds. The van der Waals surface area contributed by atoms with Gasteiger partial charge in [-0.1, -0.05) is 5.21 Å². The first kappa shape index (κ1) is 23.2. The minimum absolute atomic E-state index is 0.00510. The van der Waals surface area contributed by atoms with Crippen molar-refractivity contribution in [3.8, 4) is 0 Å². The van der Waals surface area contributed by atoms with E-state index in [9.17, 15) is 26.4 Å². The lowest BCUT2D eigenvalue weighted by Gasteiger charge is -2.31. The summed E-state index contributed by atoms with van der Waals surface area (Å²) in [4.78, 5) is 16.1. The highest BCUT2D eigenvalue weighted by molar-refractivity contribution is 7.89. The number of aromatic nitrogens is 3. The third-order valence-electron chi connectivity index (χ3n) is 5.08. The Kier molecular flexibility index (Phi) is 6.67. The minimum Gasteiger partial charge on any atom is -0.335 e. The van der Waals surface area contributed by atoms with Gasteiger partial charge in [-0.25, -0.2) is 8.42 Å². The molecule has 2 heterocycles. The van der Waals surface area contributed by atoms with E-state index < -0.39 is 21.8 Å². The highest BCUT2D eigenvalue weighted by Gasteiger charge is 2.31. The van der Waals surface area contributed by atoms with E-state index in [1.54, 1.807) is 4.90 Å². The number of halogens is 3. The third kappa shape index (κ3) is 5.40. The van der Waals surface area contributed by atoms with Crippen molar-refractivity contribution in [2.75, 3.05) is 46.8 Å². The molecular formula is C18H23F3N6O3S. The van der Waals surface area contributed by atoms with Crippen molar-refractivity contribution in [3.63, 3.8) is 0 Å². The monoisotopic (exact) mass is 460 g/mol. The zero-order valence-electron chi connectivity index (χ0n) is 17.1. The largest absolute Gasteiger partial charge is 0.416 e. The van der Waals surface area contributed by atoms with E-state index in [0.717, 1.165) is 41.7 Å². The van der Waals surface area contributed by atoms with Gasteiger partial charge >= 0.3 is 6.18 Å². The third-order valence-corrected chi connectivity index (χ3v) is 6.95. The molecule has 13 heteroatoms. The molecule has 0 N–H and O–H groups in total. The first-order valence-electron chi connectivity index (χ1n) is 9.50. The fourth-order valence-corrected chi connectivity index (χ4v) is 4.20. The molecule has 1 aromatic heterocycles. The fourth-order valence-electron chi connectivity index (χ4n) is 3.04. The number of carbonyl (C=O) groups is 1. The van der Waals surface area contributed by atoms with E-state index in [-0.39, 0.29) is 29.6 Å². The molecule has 1 saturated heterocycles. The Balaban J connectivity index is 1.60. The van der Waals surface area contributed by atoms with Crippen LogP contribution < -0.4 is 0 Å². The molecule has 1 aromatic carbocycles. The van der Waals surface area contributed by atoms with Crippen molar-refractivity contribution in [1.82, 2.24) is 29.1 Å². The van der Waals surface area contributed by atoms with E-state index in [1.165, 1.54) is 17.9 Å². The number of piperazine rings is 1. The second kappa shape index (κ2) is 8.93. The van der Waals surface area contributed by atoms with Crippen LogP contribution in [0.5, 0.6) is 0 Å². The SMILES string of the molecule is CN1CCN(C(=O)c2cn(CCN(C)S(=O)(=O)c3ccc(C(F)(F)F)cc3)nn2)CC1. The van der Waals surface area contributed by atoms with Gasteiger partial charge in [-0.15, -0.1) is 5.10 Å². The number of carbonyl (C=O) groups excluding carboxylic acids is 1. The van der Waals surface area contributed by atoms with Gasteiger partial charge in [0.2, 0.25) is 10.0 Å². The maximum atomic E-state index is 12.7. The van der Waals surface area contributed by atoms with Gasteiger partial charge in [-0.2, -0.15) is 17.5 Å². The van der Waals surface area contributed by atoms with Gasteiger partial charge in [-0.3, -0.25) is 9.48 Å². The maximum absolute atomic E-state index is 12.7. The Bertz CT molecular complexity index is 1010. The van der Waals surface area contributed by atoms with Crippen LogP contribution in [0.1, 0.15) is 16.1 Å². The maximum Gasteiger partial charge on any atom is 0.416 e. The average Bonchev–Trinajstić information content (AvgIpc) is 3.20. The average molecular weight is 460 g/mol. The zero-order chi connectivity index (χ0) is 22.8. The predicted molar refractivity (Wildman–Crippen MR) is 105 cm³/mol. The molecule has 0 unspecified atom stereocenters. The number of sulfonamides is 1. The van der Waals surface area contributed by atoms with Crippen molar-refractivity contribution < 1.29 is 26.4 Å². The molecule has 31 heavy (non-hydrogen) atoms. The standard InChI is InChI=1S/C18H23F3N6O3S/c1-24-7-10-26(11-8-24)17(28)16-13-27(23-22-16)12-9-25(2)31(29,30)15-5-3-14(4-6-15)18(19,20)21/h3-6,13H,7-12H2,1-2H3. The van der Waals surface area contributed by atoms with Crippen LogP contribution in [0, 0.1) is 0 Å². The molecule has 0 spiro atoms. The van der Waals surface area contributed by atoms with Gasteiger partial charge in [0.05, 0.1) is 23.2 Å². The van der Waals surface area contributed by atoms with Gasteiger partial charge in [0, 0.05) is 39.8 Å². The van der Waals surface area contributed by atoms with Crippen LogP contribution in [-0.2, 0) is 22.7 Å². The van der Waals surface area contributed by atoms with E-state index in [0.29, 0.717) is 13.1 Å². The van der Waals surface area contributed by atoms with Crippen molar-refractivity contribution in [1.29, 1.82) is 0 Å². The molecule has 0 saturated carbocycles. The summed E-state index contributed by atoms with van der Waals surface area (Å²) in [5.41, 5.74) is -0.743. The fraction of sp³-hybridized carbons (Fsp3) is 0.500. The van der Waals surface area contributed by atoms with E-state index >= 15 is 0 Å². The number of rotatable bonds is 6. The van der Waals surface area contributed by atoms with E-state index in [1.807, 2.05) is 7.05 Å². The lowest BCUT2D eigenvalue weighted by atomic mass is 10.2. The number of likely N-dealkylation sites (N-methyl/N-ethyl adjacent to an activating group) is 2. The first-order chi connectivity index (χ1) is 14.5. The van der Waals surface area contributed by atoms with Crippen molar-refractivity contribution in [2.45, 2.75) is 17.6 Å². The first-order valence-corrected chi connectivity index (χ1v) is 10.9. The van der Waals surface area contributed by atoms with Crippen LogP contribution in [0.25, 0.3) is 0 Å². The van der Waals surface area contributed by atoms with Crippen LogP contribution in [-0.4, -0.2) is 90.2 Å². The summed E-state index contributed by atoms with van der Waals surface area (Å²) in [6, 6.07) is 3.32. The zero-order valence-corrected chi connectivity index (χ0v) is 17.9. The van der Waals surface area contributed by atoms with Gasteiger partial charge in [-0.05, 0) is 31.3 Å². The Morgan fingerprint density at radius 1 is 1.13 bits per heavy atom. The van der Waals surface area contributed by atoms with Crippen LogP contribution in [0.4, 0.5) is 13.2 Å². The molecule has 0 bridgehead atoms. The number of benzene rings is 1. The Morgan fingerprint density at radius 2 is 1.74 bits per heavy atom. The van der Waals surface area contributed by atoms with Crippen molar-refractivity contribution >= 4 is 15.9 Å². The molecule has 3 rings (SSSR count). The number of hydrogen-bond acceptors (Lipinski definition) is 6. The Labute approximate surface area is 178 Å². The summed E-state index contributed by atoms with van der Waals surface area (Å²) < 4.78 is 65.6. The summed E-state index contributed by atoms with van der Waals surface area (Å²) in [7, 11) is -0.679. The molecule has 170 valence electrons. The lowest BCUT2D eigenvalue weighted by Crippen LogP contribution is -2.47. The summed E-state index contributed by atoms with van der Waals surface area (Å²) >= 11 is 0. The van der Waals surface area contributed by atoms with Crippen LogP contribution >= 0.6 is 0 Å². The van der Waals surface area contributed by atoms with Crippen LogP contribution in [0.15, 0.2) is 35.4 Å². The van der Waals surface area contributed by atoms with Gasteiger partial charge in [0.15, 0.2) is 5.69 Å². The van der Waals surface area contributed by atoms with Gasteiger partial charge < -0.3 is 9.80 Å². The number of nitrogens with zero attached hydrogens (tertiary/aromatic N) is 6. The normalized spacial score (nSPS) is 16.1. The summed E-state index contributed by atoms with van der Waals surface area (Å²) in [5.74, 6) is -0.231. The highest BCUT2D eigenvalue weighted by Crippen LogP contribution is 2.30. The molecule has 0 radical (unpaired) electrons. The van der Waals surface area contributed by atoms with Crippen molar-refractivity contribution in [2.24, 2.45) is 0 Å². The quantitative estimate of drug-likeness (QED) is 0.639. The molecule has 1 aliphatic heterocycles. The molecule has 9 nitrogen and oxygen atoms in total. The van der Waals surface area contributed by atoms with Gasteiger partial charge in [0.1, 0.15) is 0 Å². The van der Waals surface area contributed by atoms with Crippen LogP contribution in [0.3, 0.4) is 0 Å². The highest BCUT2D eigenvalue weighted by atomic mass is 32.2. The van der Waals surface area contributed by atoms with Gasteiger partial charge in [0.25, 0.3) is 5.91 Å². The molecule has 0 atom stereocenters. The predicted octanol–water partition coefficient (Wildman–Crippen LogP) is 1.01. The number of amides is 1. The lowest BCUT2D eigenvalue weighted by molar-refractivity contribution is -0.137. The summed E-state index contributed by atoms with van der Waals surface area (Å²) in [6.07, 6.45) is -3.08. The topological polar surface area (TPSA) is 91.6 Å². The van der Waals surface area contributed by atoms with E-state index in [2.05, 4.69) is 15.2 Å². The number of alkyl halides is 3. The van der Waals surface area contributed by atoms with Crippen molar-refractivity contribution in [3.05, 3.63) is 41.7 Å². The second-order valence-corrected chi connectivity index (χ2v) is 9.36. The Hall–Kier alpha value is -2.51. The summed E-state index contributed by atoms with van der Waals surface area (Å²) in [6.45, 7) is 2.85. The molecule has 2 aromatic rings. The molecule has 0 aliphatic carbocycles.